The third-order valence-electron chi connectivity index (χ3n) is 7.00. The first kappa shape index (κ1) is 25.4. The van der Waals surface area contributed by atoms with Gasteiger partial charge in [-0.15, -0.1) is 53.2 Å². The molecule has 0 aliphatic carbocycles. The van der Waals surface area contributed by atoms with Crippen LogP contribution in [0.5, 0.6) is 11.5 Å². The predicted molar refractivity (Wildman–Crippen MR) is 145 cm³/mol. The van der Waals surface area contributed by atoms with Crippen LogP contribution in [0.2, 0.25) is 0 Å². The molecular weight excluding hydrogens is 639 g/mol. The molecule has 0 spiro atoms. The molecule has 4 aromatic rings. The summed E-state index contributed by atoms with van der Waals surface area (Å²) in [7, 11) is 4.11. The molecule has 0 bridgehead atoms. The summed E-state index contributed by atoms with van der Waals surface area (Å²) < 4.78 is 6.46. The summed E-state index contributed by atoms with van der Waals surface area (Å²) in [6, 6.07) is 31.9. The van der Waals surface area contributed by atoms with Crippen molar-refractivity contribution in [3.8, 4) is 11.5 Å². The molecule has 2 aliphatic heterocycles. The predicted octanol–water partition coefficient (Wildman–Crippen LogP) is 7.01. The molecule has 0 atom stereocenters. The van der Waals surface area contributed by atoms with Crippen LogP contribution >= 0.6 is 0 Å². The van der Waals surface area contributed by atoms with Crippen molar-refractivity contribution in [1.29, 1.82) is 0 Å². The smallest absolute Gasteiger partial charge is 0.510 e. The number of anilines is 3. The van der Waals surface area contributed by atoms with Crippen LogP contribution in [0, 0.1) is 25.5 Å². The van der Waals surface area contributed by atoms with E-state index in [1.807, 2.05) is 60.2 Å². The van der Waals surface area contributed by atoms with Crippen LogP contribution in [0.4, 0.5) is 17.1 Å². The van der Waals surface area contributed by atoms with Crippen molar-refractivity contribution >= 4 is 27.8 Å². The third-order valence-corrected chi connectivity index (χ3v) is 7.00. The summed E-state index contributed by atoms with van der Waals surface area (Å²) in [5.74, 6) is 1.32. The Kier molecular flexibility index (Phi) is 6.78. The van der Waals surface area contributed by atoms with Gasteiger partial charge in [0, 0.05) is 22.7 Å². The van der Waals surface area contributed by atoms with Crippen molar-refractivity contribution in [1.82, 2.24) is 9.80 Å². The quantitative estimate of drug-likeness (QED) is 0.218. The van der Waals surface area contributed by atoms with Gasteiger partial charge in [-0.3, -0.25) is 0 Å². The Balaban J connectivity index is 0.00000280. The maximum absolute atomic E-state index is 6.46. The number of hydrogen-bond acceptors (Lipinski definition) is 5. The summed E-state index contributed by atoms with van der Waals surface area (Å²) in [5, 5.41) is 2.10. The molecule has 2 heterocycles. The molecule has 0 saturated carbocycles. The van der Waals surface area contributed by atoms with Gasteiger partial charge in [-0.2, -0.15) is 19.4 Å². The van der Waals surface area contributed by atoms with Gasteiger partial charge in [0.25, 0.3) is 0 Å². The van der Waals surface area contributed by atoms with Gasteiger partial charge >= 0.3 is 21.1 Å². The summed E-state index contributed by atoms with van der Waals surface area (Å²) in [6.45, 7) is 8.62. The Labute approximate surface area is 233 Å². The van der Waals surface area contributed by atoms with E-state index in [1.165, 1.54) is 5.56 Å². The summed E-state index contributed by atoms with van der Waals surface area (Å²) in [5.41, 5.74) is 4.14. The fraction of sp³-hybridized carbons (Fsp3) is 0.161. The van der Waals surface area contributed by atoms with Crippen LogP contribution in [0.3, 0.4) is 0 Å². The number of benzene rings is 4. The molecular formula is C31H28N4OPt. The molecule has 188 valence electrons. The Morgan fingerprint density at radius 2 is 1.59 bits per heavy atom. The average molecular weight is 668 g/mol. The van der Waals surface area contributed by atoms with Crippen LogP contribution in [-0.4, -0.2) is 23.9 Å². The van der Waals surface area contributed by atoms with E-state index in [0.29, 0.717) is 11.5 Å². The van der Waals surface area contributed by atoms with E-state index in [-0.39, 0.29) is 26.6 Å². The van der Waals surface area contributed by atoms with E-state index in [9.17, 15) is 0 Å². The van der Waals surface area contributed by atoms with E-state index in [1.54, 1.807) is 0 Å². The number of hydrogen-bond donors (Lipinski definition) is 0. The van der Waals surface area contributed by atoms with Gasteiger partial charge in [0.1, 0.15) is 0 Å². The molecule has 0 unspecified atom stereocenters. The van der Waals surface area contributed by atoms with Crippen molar-refractivity contribution in [2.24, 2.45) is 0 Å². The van der Waals surface area contributed by atoms with E-state index < -0.39 is 0 Å². The fourth-order valence-corrected chi connectivity index (χ4v) is 4.72. The van der Waals surface area contributed by atoms with Crippen LogP contribution in [0.1, 0.15) is 19.4 Å². The SMILES string of the molecule is CN1C=CN(c2[c-]c(Oc3[c-]c(N4[CH-]N(C)C(C)(C)c5ccccc54)ccc3)c3ccccc3c2)[CH-]1.[Pt+4]. The second-order valence-corrected chi connectivity index (χ2v) is 9.73. The van der Waals surface area contributed by atoms with Gasteiger partial charge in [0.15, 0.2) is 0 Å². The van der Waals surface area contributed by atoms with Crippen molar-refractivity contribution in [3.63, 3.8) is 0 Å². The number of fused-ring (bicyclic) bond motifs is 2. The van der Waals surface area contributed by atoms with E-state index in [4.69, 9.17) is 4.74 Å². The molecule has 0 saturated heterocycles. The third kappa shape index (κ3) is 4.63. The summed E-state index contributed by atoms with van der Waals surface area (Å²) in [4.78, 5) is 8.45. The molecule has 37 heavy (non-hydrogen) atoms. The van der Waals surface area contributed by atoms with Gasteiger partial charge < -0.3 is 24.3 Å². The second-order valence-electron chi connectivity index (χ2n) is 9.73. The van der Waals surface area contributed by atoms with Crippen LogP contribution in [0.25, 0.3) is 10.8 Å². The standard InChI is InChI=1S/C31H28N4O.Pt/c1-31(2)28-14-7-8-15-29(28)35(22-33(31)4)24-11-9-12-26(19-24)36-30-20-25(34-17-16-32(3)21-34)18-23-10-5-6-13-27(23)30;/h5-18,21-22H,1-4H3;/q-4;+4. The molecule has 0 aromatic heterocycles. The molecule has 6 heteroatoms. The van der Waals surface area contributed by atoms with Crippen LogP contribution in [-0.2, 0) is 26.6 Å². The molecule has 0 fully saturated rings. The normalized spacial score (nSPS) is 16.6. The molecule has 5 nitrogen and oxygen atoms in total. The number of nitrogens with zero attached hydrogens (tertiary/aromatic N) is 4. The molecule has 2 aliphatic rings. The molecule has 6 rings (SSSR count). The second kappa shape index (κ2) is 9.89. The van der Waals surface area contributed by atoms with Crippen LogP contribution in [0.15, 0.2) is 85.2 Å². The topological polar surface area (TPSA) is 22.2 Å². The minimum atomic E-state index is -0.107. The Hall–Kier alpha value is -3.27. The summed E-state index contributed by atoms with van der Waals surface area (Å²) in [6.07, 6.45) is 4.02. The Bertz CT molecular complexity index is 1470. The van der Waals surface area contributed by atoms with E-state index in [2.05, 4.69) is 98.0 Å². The Morgan fingerprint density at radius 1 is 0.811 bits per heavy atom. The first-order valence-electron chi connectivity index (χ1n) is 12.1. The van der Waals surface area contributed by atoms with Gasteiger partial charge in [0.2, 0.25) is 0 Å². The van der Waals surface area contributed by atoms with E-state index in [0.717, 1.165) is 27.8 Å². The van der Waals surface area contributed by atoms with Gasteiger partial charge in [-0.25, -0.2) is 0 Å². The van der Waals surface area contributed by atoms with Crippen molar-refractivity contribution in [2.45, 2.75) is 19.4 Å². The minimum Gasteiger partial charge on any atom is -0.510 e. The Morgan fingerprint density at radius 3 is 2.41 bits per heavy atom. The fourth-order valence-electron chi connectivity index (χ4n) is 4.72. The van der Waals surface area contributed by atoms with Crippen LogP contribution < -0.4 is 14.5 Å². The monoisotopic (exact) mass is 667 g/mol. The zero-order valence-corrected chi connectivity index (χ0v) is 23.5. The molecule has 4 aromatic carbocycles. The first-order chi connectivity index (χ1) is 17.4. The maximum Gasteiger partial charge on any atom is 4.00 e. The zero-order valence-electron chi connectivity index (χ0n) is 21.3. The molecule has 0 radical (unpaired) electrons. The number of rotatable bonds is 4. The van der Waals surface area contributed by atoms with E-state index >= 15 is 0 Å². The maximum atomic E-state index is 6.46. The molecule has 0 N–H and O–H groups in total. The van der Waals surface area contributed by atoms with Gasteiger partial charge in [-0.05, 0) is 52.0 Å². The number of para-hydroxylation sites is 1. The molecule has 0 amide bonds. The first-order valence-corrected chi connectivity index (χ1v) is 12.1. The van der Waals surface area contributed by atoms with Gasteiger partial charge in [0.05, 0.1) is 0 Å². The average Bonchev–Trinajstić information content (AvgIpc) is 3.33. The van der Waals surface area contributed by atoms with Crippen molar-refractivity contribution < 1.29 is 25.8 Å². The summed E-state index contributed by atoms with van der Waals surface area (Å²) >= 11 is 0. The van der Waals surface area contributed by atoms with Gasteiger partial charge in [-0.1, -0.05) is 41.8 Å². The van der Waals surface area contributed by atoms with Crippen molar-refractivity contribution in [3.05, 3.63) is 116 Å². The van der Waals surface area contributed by atoms with Crippen molar-refractivity contribution in [2.75, 3.05) is 23.9 Å². The largest absolute Gasteiger partial charge is 4.00 e. The number of ether oxygens (including phenoxy) is 1. The minimum absolute atomic E-state index is 0. The zero-order chi connectivity index (χ0) is 24.9.